The molecule has 0 aliphatic rings. The predicted octanol–water partition coefficient (Wildman–Crippen LogP) is 7.72. The summed E-state index contributed by atoms with van der Waals surface area (Å²) in [5.41, 5.74) is -13.9. The van der Waals surface area contributed by atoms with E-state index in [0.29, 0.717) is 0 Å². The molecule has 0 atom stereocenters. The number of nitro benzene ring substituents is 2. The van der Waals surface area contributed by atoms with Crippen LogP contribution >= 0.6 is 27.5 Å². The Hall–Kier alpha value is -2.82. The second kappa shape index (κ2) is 8.51. The molecule has 0 unspecified atom stereocenters. The maximum atomic E-state index is 13.6. The van der Waals surface area contributed by atoms with Gasteiger partial charge in [0.05, 0.1) is 43.3 Å². The van der Waals surface area contributed by atoms with Crippen molar-refractivity contribution >= 4 is 50.3 Å². The highest BCUT2D eigenvalue weighted by Gasteiger charge is 2.47. The van der Waals surface area contributed by atoms with E-state index in [1.54, 1.807) is 0 Å². The van der Waals surface area contributed by atoms with E-state index in [4.69, 9.17) is 11.6 Å². The number of nitrogens with one attached hydrogen (secondary N) is 1. The Morgan fingerprint density at radius 3 is 1.70 bits per heavy atom. The normalized spacial score (nSPS) is 12.6. The molecule has 180 valence electrons. The minimum atomic E-state index is -5.86. The number of hydrogen-bond donors (Lipinski definition) is 1. The number of non-ortho nitro benzene ring substituents is 1. The summed E-state index contributed by atoms with van der Waals surface area (Å²) < 4.78 is 120. The maximum absolute atomic E-state index is 13.6. The van der Waals surface area contributed by atoms with Gasteiger partial charge in [0.1, 0.15) is 5.69 Å². The Morgan fingerprint density at radius 2 is 1.30 bits per heavy atom. The third-order valence-electron chi connectivity index (χ3n) is 3.87. The van der Waals surface area contributed by atoms with E-state index in [0.717, 1.165) is 0 Å². The van der Waals surface area contributed by atoms with Crippen molar-refractivity contribution in [1.82, 2.24) is 0 Å². The van der Waals surface area contributed by atoms with E-state index in [1.165, 1.54) is 5.32 Å². The SMILES string of the molecule is O=[N+]([O-])c1cc([N+](=O)[O-])c(Nc2c(Cl)c(Br)cc(C(F)(F)F)c2C(F)(F)F)c(C(F)(F)F)c1. The maximum Gasteiger partial charge on any atom is 0.419 e. The average Bonchev–Trinajstić information content (AvgIpc) is 2.61. The minimum Gasteiger partial charge on any atom is -0.348 e. The Kier molecular flexibility index (Phi) is 6.82. The second-order valence-corrected chi connectivity index (χ2v) is 7.22. The Bertz CT molecular complexity index is 1150. The number of rotatable bonds is 4. The van der Waals surface area contributed by atoms with Crippen LogP contribution in [0.15, 0.2) is 22.7 Å². The van der Waals surface area contributed by atoms with Crippen molar-refractivity contribution in [2.45, 2.75) is 18.5 Å². The Balaban J connectivity index is 3.03. The number of halogens is 11. The Morgan fingerprint density at radius 1 is 0.788 bits per heavy atom. The zero-order chi connectivity index (χ0) is 25.7. The van der Waals surface area contributed by atoms with Gasteiger partial charge in [-0.1, -0.05) is 11.6 Å². The lowest BCUT2D eigenvalue weighted by Gasteiger charge is -2.23. The lowest BCUT2D eigenvalue weighted by molar-refractivity contribution is -0.394. The number of anilines is 2. The molecular formula is C15H4BrClF9N3O4. The van der Waals surface area contributed by atoms with Crippen LogP contribution in [0.4, 0.5) is 62.3 Å². The summed E-state index contributed by atoms with van der Waals surface area (Å²) in [4.78, 5) is 19.1. The number of nitro groups is 2. The van der Waals surface area contributed by atoms with Gasteiger partial charge in [-0.2, -0.15) is 39.5 Å². The lowest BCUT2D eigenvalue weighted by atomic mass is 10.0. The van der Waals surface area contributed by atoms with Crippen LogP contribution in [0, 0.1) is 20.2 Å². The quantitative estimate of drug-likeness (QED) is 0.228. The minimum absolute atomic E-state index is 0.0125. The number of alkyl halides is 9. The second-order valence-electron chi connectivity index (χ2n) is 5.99. The molecule has 0 aliphatic heterocycles. The van der Waals surface area contributed by atoms with Gasteiger partial charge >= 0.3 is 18.5 Å². The molecule has 33 heavy (non-hydrogen) atoms. The molecule has 0 heterocycles. The van der Waals surface area contributed by atoms with Gasteiger partial charge in [0.15, 0.2) is 0 Å². The average molecular weight is 577 g/mol. The number of hydrogen-bond acceptors (Lipinski definition) is 5. The van der Waals surface area contributed by atoms with E-state index in [9.17, 15) is 59.7 Å². The zero-order valence-electron chi connectivity index (χ0n) is 14.9. The Labute approximate surface area is 188 Å². The first-order chi connectivity index (χ1) is 14.8. The highest BCUT2D eigenvalue weighted by atomic mass is 79.9. The van der Waals surface area contributed by atoms with Crippen molar-refractivity contribution in [2.24, 2.45) is 0 Å². The summed E-state index contributed by atoms with van der Waals surface area (Å²) in [5.74, 6) is 0. The van der Waals surface area contributed by atoms with E-state index in [1.807, 2.05) is 0 Å². The first-order valence-electron chi connectivity index (χ1n) is 7.74. The van der Waals surface area contributed by atoms with E-state index in [2.05, 4.69) is 15.9 Å². The standard InChI is InChI=1S/C15H4BrClF9N3O4/c16-7-3-5(13(18,19)20)9(15(24,25)26)12(10(7)17)27-11-6(14(21,22)23)1-4(28(30)31)2-8(11)29(32)33/h1-3,27H. The van der Waals surface area contributed by atoms with Crippen LogP contribution < -0.4 is 5.32 Å². The molecule has 0 aliphatic carbocycles. The molecule has 7 nitrogen and oxygen atoms in total. The topological polar surface area (TPSA) is 98.3 Å². The molecule has 0 bridgehead atoms. The third-order valence-corrected chi connectivity index (χ3v) is 5.12. The van der Waals surface area contributed by atoms with Crippen molar-refractivity contribution < 1.29 is 49.4 Å². The van der Waals surface area contributed by atoms with Crippen LogP contribution in [-0.4, -0.2) is 9.85 Å². The molecule has 0 amide bonds. The predicted molar refractivity (Wildman–Crippen MR) is 97.2 cm³/mol. The summed E-state index contributed by atoms with van der Waals surface area (Å²) in [6.45, 7) is 0. The summed E-state index contributed by atoms with van der Waals surface area (Å²) in [5, 5.41) is 22.2. The largest absolute Gasteiger partial charge is 0.419 e. The van der Waals surface area contributed by atoms with Gasteiger partial charge in [-0.25, -0.2) is 0 Å². The summed E-state index contributed by atoms with van der Waals surface area (Å²) in [6.07, 6.45) is -17.2. The highest BCUT2D eigenvalue weighted by molar-refractivity contribution is 9.10. The third kappa shape index (κ3) is 5.40. The number of nitrogens with zero attached hydrogens (tertiary/aromatic N) is 2. The van der Waals surface area contributed by atoms with Crippen LogP contribution in [0.25, 0.3) is 0 Å². The molecule has 18 heteroatoms. The fourth-order valence-corrected chi connectivity index (χ4v) is 3.23. The molecule has 2 rings (SSSR count). The van der Waals surface area contributed by atoms with Crippen LogP contribution in [0.5, 0.6) is 0 Å². The van der Waals surface area contributed by atoms with Gasteiger partial charge in [0, 0.05) is 10.5 Å². The van der Waals surface area contributed by atoms with E-state index < -0.39 is 77.3 Å². The first-order valence-corrected chi connectivity index (χ1v) is 8.91. The van der Waals surface area contributed by atoms with Gasteiger partial charge in [0.2, 0.25) is 0 Å². The monoisotopic (exact) mass is 575 g/mol. The molecule has 0 saturated heterocycles. The van der Waals surface area contributed by atoms with Crippen LogP contribution in [0.1, 0.15) is 16.7 Å². The first kappa shape index (κ1) is 26.4. The fraction of sp³-hybridized carbons (Fsp3) is 0.200. The van der Waals surface area contributed by atoms with Crippen molar-refractivity contribution in [1.29, 1.82) is 0 Å². The fourth-order valence-electron chi connectivity index (χ4n) is 2.60. The molecular weight excluding hydrogens is 573 g/mol. The summed E-state index contributed by atoms with van der Waals surface area (Å²) >= 11 is 8.08. The van der Waals surface area contributed by atoms with Crippen molar-refractivity contribution in [3.63, 3.8) is 0 Å². The van der Waals surface area contributed by atoms with Gasteiger partial charge in [-0.05, 0) is 22.0 Å². The van der Waals surface area contributed by atoms with Crippen LogP contribution in [-0.2, 0) is 18.5 Å². The molecule has 0 spiro atoms. The van der Waals surface area contributed by atoms with Crippen LogP contribution in [0.3, 0.4) is 0 Å². The van der Waals surface area contributed by atoms with E-state index >= 15 is 0 Å². The van der Waals surface area contributed by atoms with Crippen molar-refractivity contribution in [3.8, 4) is 0 Å². The molecule has 2 aromatic carbocycles. The molecule has 0 aromatic heterocycles. The van der Waals surface area contributed by atoms with Gasteiger partial charge in [-0.15, -0.1) is 0 Å². The lowest BCUT2D eigenvalue weighted by Crippen LogP contribution is -2.20. The molecule has 1 N–H and O–H groups in total. The molecule has 0 saturated carbocycles. The van der Waals surface area contributed by atoms with Crippen molar-refractivity contribution in [2.75, 3.05) is 5.32 Å². The smallest absolute Gasteiger partial charge is 0.348 e. The van der Waals surface area contributed by atoms with Gasteiger partial charge in [-0.3, -0.25) is 20.2 Å². The molecule has 2 aromatic rings. The van der Waals surface area contributed by atoms with Gasteiger partial charge in [0.25, 0.3) is 11.4 Å². The molecule has 0 fully saturated rings. The summed E-state index contributed by atoms with van der Waals surface area (Å²) in [7, 11) is 0. The zero-order valence-corrected chi connectivity index (χ0v) is 17.3. The number of benzene rings is 2. The van der Waals surface area contributed by atoms with Gasteiger partial charge < -0.3 is 5.32 Å². The molecule has 0 radical (unpaired) electrons. The van der Waals surface area contributed by atoms with Crippen molar-refractivity contribution in [3.05, 3.63) is 64.6 Å². The highest BCUT2D eigenvalue weighted by Crippen LogP contribution is 2.52. The summed E-state index contributed by atoms with van der Waals surface area (Å²) in [6, 6.07) is -0.328. The van der Waals surface area contributed by atoms with Crippen LogP contribution in [0.2, 0.25) is 5.02 Å². The van der Waals surface area contributed by atoms with E-state index in [-0.39, 0.29) is 18.2 Å².